The van der Waals surface area contributed by atoms with Crippen LogP contribution in [0.25, 0.3) is 0 Å². The lowest BCUT2D eigenvalue weighted by Crippen LogP contribution is -2.16. The standard InChI is InChI=1S/C17H28BN/c1-11(2)16(13-8-6-7-12(13)3)14-9-10-15(18)17(14)19(4)5/h11,15H,3,6-10,18H2,1-2,4-5H3/b16-13-. The zero-order valence-corrected chi connectivity index (χ0v) is 13.3. The van der Waals surface area contributed by atoms with Gasteiger partial charge in [-0.3, -0.25) is 0 Å². The lowest BCUT2D eigenvalue weighted by Gasteiger charge is -2.25. The summed E-state index contributed by atoms with van der Waals surface area (Å²) in [5.41, 5.74) is 7.80. The van der Waals surface area contributed by atoms with Crippen molar-refractivity contribution in [3.05, 3.63) is 34.6 Å². The molecule has 0 N–H and O–H groups in total. The van der Waals surface area contributed by atoms with Crippen LogP contribution >= 0.6 is 0 Å². The SMILES string of the molecule is BC1CCC(/C(=C2/CCCC2=C)C(C)C)=C1N(C)C. The molecule has 2 aliphatic rings. The molecule has 2 heteroatoms. The van der Waals surface area contributed by atoms with Crippen molar-refractivity contribution < 1.29 is 0 Å². The maximum atomic E-state index is 4.31. The van der Waals surface area contributed by atoms with E-state index in [0.29, 0.717) is 11.7 Å². The summed E-state index contributed by atoms with van der Waals surface area (Å²) in [5, 5.41) is 0. The second-order valence-corrected chi connectivity index (χ2v) is 6.70. The first-order chi connectivity index (χ1) is 8.93. The lowest BCUT2D eigenvalue weighted by atomic mass is 9.83. The van der Waals surface area contributed by atoms with Crippen LogP contribution in [0.5, 0.6) is 0 Å². The van der Waals surface area contributed by atoms with Crippen molar-refractivity contribution in [3.8, 4) is 0 Å². The fourth-order valence-corrected chi connectivity index (χ4v) is 3.92. The molecule has 0 spiro atoms. The van der Waals surface area contributed by atoms with Gasteiger partial charge in [0.15, 0.2) is 0 Å². The highest BCUT2D eigenvalue weighted by molar-refractivity contribution is 6.14. The summed E-state index contributed by atoms with van der Waals surface area (Å²) in [6.07, 6.45) is 6.29. The highest BCUT2D eigenvalue weighted by atomic mass is 15.1. The normalized spacial score (nSPS) is 26.6. The molecule has 0 saturated heterocycles. The van der Waals surface area contributed by atoms with Crippen molar-refractivity contribution in [2.45, 2.75) is 51.8 Å². The molecular weight excluding hydrogens is 229 g/mol. The summed E-state index contributed by atoms with van der Waals surface area (Å²) < 4.78 is 0. The number of hydrogen-bond acceptors (Lipinski definition) is 1. The van der Waals surface area contributed by atoms with Crippen LogP contribution in [0.3, 0.4) is 0 Å². The average Bonchev–Trinajstić information content (AvgIpc) is 2.87. The van der Waals surface area contributed by atoms with Crippen LogP contribution in [0.4, 0.5) is 0 Å². The van der Waals surface area contributed by atoms with E-state index in [1.54, 1.807) is 22.4 Å². The highest BCUT2D eigenvalue weighted by Crippen LogP contribution is 2.45. The van der Waals surface area contributed by atoms with Crippen molar-refractivity contribution in [2.24, 2.45) is 5.92 Å². The highest BCUT2D eigenvalue weighted by Gasteiger charge is 2.29. The molecule has 1 atom stereocenters. The summed E-state index contributed by atoms with van der Waals surface area (Å²) in [5.74, 6) is 1.31. The number of hydrogen-bond donors (Lipinski definition) is 0. The number of allylic oxidation sites excluding steroid dienone is 5. The molecule has 1 saturated carbocycles. The van der Waals surface area contributed by atoms with E-state index in [9.17, 15) is 0 Å². The Morgan fingerprint density at radius 1 is 1.26 bits per heavy atom. The Kier molecular flexibility index (Phi) is 4.27. The van der Waals surface area contributed by atoms with E-state index in [4.69, 9.17) is 0 Å². The van der Waals surface area contributed by atoms with E-state index in [1.165, 1.54) is 37.7 Å². The Hall–Kier alpha value is -0.915. The van der Waals surface area contributed by atoms with Crippen LogP contribution in [-0.2, 0) is 0 Å². The van der Waals surface area contributed by atoms with Crippen LogP contribution in [0, 0.1) is 5.92 Å². The minimum Gasteiger partial charge on any atom is -0.381 e. The molecule has 2 rings (SSSR count). The first-order valence-electron chi connectivity index (χ1n) is 7.75. The van der Waals surface area contributed by atoms with Gasteiger partial charge in [-0.25, -0.2) is 0 Å². The van der Waals surface area contributed by atoms with Crippen molar-refractivity contribution in [3.63, 3.8) is 0 Å². The molecule has 1 unspecified atom stereocenters. The Bertz CT molecular complexity index is 440. The molecule has 0 aromatic rings. The van der Waals surface area contributed by atoms with E-state index in [-0.39, 0.29) is 0 Å². The second kappa shape index (κ2) is 5.60. The smallest absolute Gasteiger partial charge is 0.113 e. The predicted molar refractivity (Wildman–Crippen MR) is 87.1 cm³/mol. The van der Waals surface area contributed by atoms with Crippen molar-refractivity contribution in [2.75, 3.05) is 14.1 Å². The molecule has 0 radical (unpaired) electrons. The average molecular weight is 257 g/mol. The van der Waals surface area contributed by atoms with Crippen molar-refractivity contribution in [1.29, 1.82) is 0 Å². The Morgan fingerprint density at radius 2 is 1.95 bits per heavy atom. The molecule has 0 aromatic carbocycles. The van der Waals surface area contributed by atoms with Gasteiger partial charge in [-0.15, -0.1) is 0 Å². The van der Waals surface area contributed by atoms with Gasteiger partial charge in [0.05, 0.1) is 0 Å². The van der Waals surface area contributed by atoms with E-state index in [0.717, 1.165) is 0 Å². The fourth-order valence-electron chi connectivity index (χ4n) is 3.92. The molecule has 0 heterocycles. The monoisotopic (exact) mass is 257 g/mol. The summed E-state index contributed by atoms with van der Waals surface area (Å²) in [6, 6.07) is 0. The second-order valence-electron chi connectivity index (χ2n) is 6.70. The topological polar surface area (TPSA) is 3.24 Å². The lowest BCUT2D eigenvalue weighted by molar-refractivity contribution is 0.492. The summed E-state index contributed by atoms with van der Waals surface area (Å²) >= 11 is 0. The third kappa shape index (κ3) is 2.68. The largest absolute Gasteiger partial charge is 0.381 e. The Balaban J connectivity index is 2.54. The van der Waals surface area contributed by atoms with Crippen LogP contribution in [-0.4, -0.2) is 26.8 Å². The molecule has 2 aliphatic carbocycles. The molecule has 19 heavy (non-hydrogen) atoms. The van der Waals surface area contributed by atoms with Gasteiger partial charge < -0.3 is 4.90 Å². The zero-order valence-electron chi connectivity index (χ0n) is 13.3. The molecule has 1 nitrogen and oxygen atoms in total. The van der Waals surface area contributed by atoms with E-state index in [2.05, 4.69) is 47.3 Å². The van der Waals surface area contributed by atoms with Crippen molar-refractivity contribution in [1.82, 2.24) is 4.90 Å². The molecule has 1 fully saturated rings. The third-order valence-electron chi connectivity index (χ3n) is 4.64. The van der Waals surface area contributed by atoms with Gasteiger partial charge in [0.1, 0.15) is 7.85 Å². The molecule has 0 bridgehead atoms. The third-order valence-corrected chi connectivity index (χ3v) is 4.64. The van der Waals surface area contributed by atoms with Gasteiger partial charge in [0.25, 0.3) is 0 Å². The van der Waals surface area contributed by atoms with Crippen LogP contribution < -0.4 is 0 Å². The van der Waals surface area contributed by atoms with Gasteiger partial charge in [-0.05, 0) is 60.6 Å². The van der Waals surface area contributed by atoms with Gasteiger partial charge in [-0.1, -0.05) is 26.0 Å². The van der Waals surface area contributed by atoms with Gasteiger partial charge in [0.2, 0.25) is 0 Å². The minimum absolute atomic E-state index is 0.611. The Morgan fingerprint density at radius 3 is 2.42 bits per heavy atom. The number of nitrogens with zero attached hydrogens (tertiary/aromatic N) is 1. The molecule has 0 aliphatic heterocycles. The van der Waals surface area contributed by atoms with Crippen LogP contribution in [0.15, 0.2) is 34.6 Å². The molecular formula is C17H28BN. The Labute approximate surface area is 119 Å². The van der Waals surface area contributed by atoms with E-state index >= 15 is 0 Å². The van der Waals surface area contributed by atoms with E-state index in [1.807, 2.05) is 0 Å². The maximum Gasteiger partial charge on any atom is 0.113 e. The maximum absolute atomic E-state index is 4.31. The molecule has 0 aromatic heterocycles. The van der Waals surface area contributed by atoms with E-state index < -0.39 is 0 Å². The summed E-state index contributed by atoms with van der Waals surface area (Å²) in [6.45, 7) is 8.99. The molecule has 104 valence electrons. The van der Waals surface area contributed by atoms with Gasteiger partial charge >= 0.3 is 0 Å². The quantitative estimate of drug-likeness (QED) is 0.697. The summed E-state index contributed by atoms with van der Waals surface area (Å²) in [4.78, 5) is 2.34. The minimum atomic E-state index is 0.611. The van der Waals surface area contributed by atoms with Crippen LogP contribution in [0.1, 0.15) is 46.0 Å². The predicted octanol–water partition coefficient (Wildman–Crippen LogP) is 3.71. The van der Waals surface area contributed by atoms with Crippen LogP contribution in [0.2, 0.25) is 5.82 Å². The fraction of sp³-hybridized carbons (Fsp3) is 0.647. The zero-order chi connectivity index (χ0) is 14.2. The number of rotatable bonds is 3. The molecule has 0 amide bonds. The van der Waals surface area contributed by atoms with Gasteiger partial charge in [0, 0.05) is 19.8 Å². The summed E-state index contributed by atoms with van der Waals surface area (Å²) in [7, 11) is 6.76. The first kappa shape index (κ1) is 14.5. The van der Waals surface area contributed by atoms with Crippen molar-refractivity contribution >= 4 is 7.85 Å². The van der Waals surface area contributed by atoms with Gasteiger partial charge in [-0.2, -0.15) is 0 Å². The first-order valence-corrected chi connectivity index (χ1v) is 7.75.